The Balaban J connectivity index is 1.56. The molecule has 5 N–H and O–H groups in total. The zero-order valence-electron chi connectivity index (χ0n) is 20.8. The number of rotatable bonds is 10. The van der Waals surface area contributed by atoms with Crippen LogP contribution in [0.3, 0.4) is 0 Å². The smallest absolute Gasteiger partial charge is 0.355 e. The number of benzene rings is 2. The SMILES string of the molecule is Cc1cnc(Nc2[nH]nc(-c3ccc(NS(=O)(=O)C(F)F)c(OC4(c5ccc(F)cc5)CC4)c3)c2C(N)=O)cn1. The molecular weight excluding hydrogens is 551 g/mol. The molecule has 1 aliphatic rings. The van der Waals surface area contributed by atoms with Gasteiger partial charge in [-0.25, -0.2) is 17.8 Å². The summed E-state index contributed by atoms with van der Waals surface area (Å²) in [6.45, 7) is 1.76. The number of hydrogen-bond donors (Lipinski definition) is 4. The van der Waals surface area contributed by atoms with Crippen LogP contribution < -0.4 is 20.5 Å². The van der Waals surface area contributed by atoms with E-state index < -0.39 is 33.1 Å². The second-order valence-corrected chi connectivity index (χ2v) is 10.7. The second kappa shape index (κ2) is 10.1. The van der Waals surface area contributed by atoms with Crippen molar-refractivity contribution in [3.63, 3.8) is 0 Å². The number of amides is 1. The highest BCUT2D eigenvalue weighted by Crippen LogP contribution is 2.51. The van der Waals surface area contributed by atoms with Crippen LogP contribution in [0.2, 0.25) is 0 Å². The van der Waals surface area contributed by atoms with Gasteiger partial charge in [-0.2, -0.15) is 13.9 Å². The first-order chi connectivity index (χ1) is 19.0. The van der Waals surface area contributed by atoms with Gasteiger partial charge in [-0.3, -0.25) is 19.6 Å². The van der Waals surface area contributed by atoms with Crippen LogP contribution in [0, 0.1) is 12.7 Å². The summed E-state index contributed by atoms with van der Waals surface area (Å²) in [7, 11) is -5.04. The van der Waals surface area contributed by atoms with E-state index in [4.69, 9.17) is 10.5 Å². The second-order valence-electron chi connectivity index (χ2n) is 9.08. The number of nitrogens with two attached hydrogens (primary N) is 1. The zero-order valence-corrected chi connectivity index (χ0v) is 21.6. The molecular formula is C25H22F3N7O4S. The number of primary amides is 1. The van der Waals surface area contributed by atoms with Gasteiger partial charge in [0.2, 0.25) is 0 Å². The first-order valence-electron chi connectivity index (χ1n) is 11.8. The molecule has 208 valence electrons. The Morgan fingerprint density at radius 3 is 2.45 bits per heavy atom. The lowest BCUT2D eigenvalue weighted by molar-refractivity contribution is 0.100. The summed E-state index contributed by atoms with van der Waals surface area (Å²) in [6, 6.07) is 9.50. The van der Waals surface area contributed by atoms with Gasteiger partial charge >= 0.3 is 5.76 Å². The summed E-state index contributed by atoms with van der Waals surface area (Å²) < 4.78 is 71.8. The Bertz CT molecular complexity index is 1670. The molecule has 1 fully saturated rings. The van der Waals surface area contributed by atoms with E-state index in [-0.39, 0.29) is 34.1 Å². The molecule has 15 heteroatoms. The number of aryl methyl sites for hydroxylation is 1. The first kappa shape index (κ1) is 26.9. The van der Waals surface area contributed by atoms with Crippen molar-refractivity contribution in [3.05, 3.63) is 77.5 Å². The molecule has 1 aliphatic carbocycles. The molecule has 1 saturated carbocycles. The molecule has 0 spiro atoms. The van der Waals surface area contributed by atoms with E-state index in [0.717, 1.165) is 0 Å². The fraction of sp³-hybridized carbons (Fsp3) is 0.200. The molecule has 0 unspecified atom stereocenters. The van der Waals surface area contributed by atoms with Gasteiger partial charge in [0.25, 0.3) is 15.9 Å². The Kier molecular flexibility index (Phi) is 6.83. The maximum Gasteiger partial charge on any atom is 0.355 e. The number of alkyl halides is 2. The summed E-state index contributed by atoms with van der Waals surface area (Å²) in [5, 5.41) is 9.75. The van der Waals surface area contributed by atoms with Crippen molar-refractivity contribution in [3.8, 4) is 17.0 Å². The fourth-order valence-electron chi connectivity index (χ4n) is 4.03. The molecule has 2 aromatic heterocycles. The van der Waals surface area contributed by atoms with Crippen LogP contribution in [-0.2, 0) is 15.6 Å². The standard InChI is InChI=1S/C25H22F3N7O4S/c1-13-11-31-19(12-30-13)32-23-20(22(29)36)21(33-34-23)14-2-7-17(35-40(37,38)24(27)28)18(10-14)39-25(8-9-25)15-3-5-16(26)6-4-15/h2-7,10-12,24,35H,8-9H2,1H3,(H2,29,36)(H2,31,32,33,34). The fourth-order valence-corrected chi connectivity index (χ4v) is 4.59. The lowest BCUT2D eigenvalue weighted by Crippen LogP contribution is -2.22. The van der Waals surface area contributed by atoms with Crippen molar-refractivity contribution >= 4 is 33.3 Å². The molecule has 2 aromatic carbocycles. The minimum atomic E-state index is -5.04. The number of carbonyl (C=O) groups is 1. The average Bonchev–Trinajstić information content (AvgIpc) is 3.56. The summed E-state index contributed by atoms with van der Waals surface area (Å²) in [5.74, 6) is -4.68. The number of nitrogens with one attached hydrogen (secondary N) is 3. The van der Waals surface area contributed by atoms with Crippen LogP contribution in [0.5, 0.6) is 5.75 Å². The van der Waals surface area contributed by atoms with Crippen LogP contribution in [0.4, 0.5) is 30.5 Å². The van der Waals surface area contributed by atoms with Crippen LogP contribution in [0.15, 0.2) is 54.9 Å². The third-order valence-electron chi connectivity index (χ3n) is 6.17. The van der Waals surface area contributed by atoms with Crippen molar-refractivity contribution < 1.29 is 31.1 Å². The molecule has 0 atom stereocenters. The maximum atomic E-state index is 13.5. The molecule has 40 heavy (non-hydrogen) atoms. The normalized spacial score (nSPS) is 14.1. The van der Waals surface area contributed by atoms with Gasteiger partial charge in [-0.05, 0) is 49.6 Å². The predicted octanol–water partition coefficient (Wildman–Crippen LogP) is 4.19. The minimum absolute atomic E-state index is 0.0473. The van der Waals surface area contributed by atoms with Gasteiger partial charge in [-0.1, -0.05) is 18.2 Å². The Labute approximate surface area is 226 Å². The summed E-state index contributed by atoms with van der Waals surface area (Å²) >= 11 is 0. The lowest BCUT2D eigenvalue weighted by Gasteiger charge is -2.22. The predicted molar refractivity (Wildman–Crippen MR) is 139 cm³/mol. The van der Waals surface area contributed by atoms with Gasteiger partial charge < -0.3 is 15.8 Å². The van der Waals surface area contributed by atoms with Gasteiger partial charge in [0.05, 0.1) is 23.8 Å². The highest BCUT2D eigenvalue weighted by molar-refractivity contribution is 7.93. The van der Waals surface area contributed by atoms with Crippen molar-refractivity contribution in [1.29, 1.82) is 0 Å². The largest absolute Gasteiger partial charge is 0.480 e. The topological polar surface area (TPSA) is 165 Å². The Hall–Kier alpha value is -4.66. The molecule has 2 heterocycles. The van der Waals surface area contributed by atoms with E-state index in [2.05, 4.69) is 25.5 Å². The van der Waals surface area contributed by atoms with Gasteiger partial charge in [0.1, 0.15) is 40.1 Å². The Morgan fingerprint density at radius 2 is 1.85 bits per heavy atom. The van der Waals surface area contributed by atoms with E-state index >= 15 is 0 Å². The van der Waals surface area contributed by atoms with E-state index in [0.29, 0.717) is 29.9 Å². The van der Waals surface area contributed by atoms with Crippen LogP contribution >= 0.6 is 0 Å². The highest BCUT2D eigenvalue weighted by atomic mass is 32.2. The van der Waals surface area contributed by atoms with Gasteiger partial charge in [0, 0.05) is 5.56 Å². The summed E-state index contributed by atoms with van der Waals surface area (Å²) in [4.78, 5) is 20.7. The third-order valence-corrected chi connectivity index (χ3v) is 7.14. The molecule has 1 amide bonds. The van der Waals surface area contributed by atoms with E-state index in [1.165, 1.54) is 54.9 Å². The number of ether oxygens (including phenoxy) is 1. The monoisotopic (exact) mass is 573 g/mol. The zero-order chi connectivity index (χ0) is 28.7. The number of aromatic nitrogens is 4. The quantitative estimate of drug-likeness (QED) is 0.219. The molecule has 0 saturated heterocycles. The number of aromatic amines is 1. The number of hydrogen-bond acceptors (Lipinski definition) is 8. The third kappa shape index (κ3) is 5.40. The van der Waals surface area contributed by atoms with Crippen molar-refractivity contribution in [2.75, 3.05) is 10.0 Å². The number of halogens is 3. The number of nitrogens with zero attached hydrogens (tertiary/aromatic N) is 3. The summed E-state index contributed by atoms with van der Waals surface area (Å²) in [5.41, 5.74) is 6.03. The number of H-pyrrole nitrogens is 1. The molecule has 11 nitrogen and oxygen atoms in total. The molecule has 4 aromatic rings. The maximum absolute atomic E-state index is 13.5. The number of carbonyl (C=O) groups excluding carboxylic acids is 1. The van der Waals surface area contributed by atoms with Gasteiger partial charge in [0.15, 0.2) is 0 Å². The van der Waals surface area contributed by atoms with E-state index in [9.17, 15) is 26.4 Å². The van der Waals surface area contributed by atoms with E-state index in [1.807, 2.05) is 4.72 Å². The van der Waals surface area contributed by atoms with Crippen LogP contribution in [0.1, 0.15) is 34.5 Å². The highest BCUT2D eigenvalue weighted by Gasteiger charge is 2.48. The van der Waals surface area contributed by atoms with Crippen molar-refractivity contribution in [1.82, 2.24) is 20.2 Å². The van der Waals surface area contributed by atoms with Crippen LogP contribution in [-0.4, -0.2) is 40.2 Å². The minimum Gasteiger partial charge on any atom is -0.480 e. The van der Waals surface area contributed by atoms with Crippen molar-refractivity contribution in [2.24, 2.45) is 5.73 Å². The van der Waals surface area contributed by atoms with E-state index in [1.54, 1.807) is 6.92 Å². The van der Waals surface area contributed by atoms with Crippen molar-refractivity contribution in [2.45, 2.75) is 31.1 Å². The molecule has 0 radical (unpaired) electrons. The first-order valence-corrected chi connectivity index (χ1v) is 13.4. The lowest BCUT2D eigenvalue weighted by atomic mass is 10.0. The average molecular weight is 574 g/mol. The van der Waals surface area contributed by atoms with Crippen LogP contribution in [0.25, 0.3) is 11.3 Å². The number of anilines is 3. The molecule has 5 rings (SSSR count). The summed E-state index contributed by atoms with van der Waals surface area (Å²) in [6.07, 6.45) is 3.97. The van der Waals surface area contributed by atoms with Gasteiger partial charge in [-0.15, -0.1) is 0 Å². The Morgan fingerprint density at radius 1 is 1.12 bits per heavy atom. The number of sulfonamides is 1. The molecule has 0 bridgehead atoms. The molecule has 0 aliphatic heterocycles.